The van der Waals surface area contributed by atoms with E-state index in [4.69, 9.17) is 4.74 Å². The number of rotatable bonds is 6. The van der Waals surface area contributed by atoms with E-state index < -0.39 is 12.3 Å². The van der Waals surface area contributed by atoms with Gasteiger partial charge < -0.3 is 20.1 Å². The Hall–Kier alpha value is -2.38. The van der Waals surface area contributed by atoms with Gasteiger partial charge in [0.1, 0.15) is 18.7 Å². The van der Waals surface area contributed by atoms with Crippen molar-refractivity contribution in [1.82, 2.24) is 15.6 Å². The van der Waals surface area contributed by atoms with Gasteiger partial charge in [0.2, 0.25) is 0 Å². The van der Waals surface area contributed by atoms with Crippen molar-refractivity contribution in [3.8, 4) is 0 Å². The molecule has 1 saturated heterocycles. The van der Waals surface area contributed by atoms with Crippen molar-refractivity contribution in [3.05, 3.63) is 36.5 Å². The lowest BCUT2D eigenvalue weighted by atomic mass is 9.96. The van der Waals surface area contributed by atoms with Crippen LogP contribution < -0.4 is 15.5 Å². The van der Waals surface area contributed by atoms with E-state index in [0.717, 1.165) is 31.7 Å². The number of carbonyl (C=O) groups excluding carboxylic acids is 1. The van der Waals surface area contributed by atoms with Crippen molar-refractivity contribution in [2.75, 3.05) is 38.2 Å². The zero-order valence-electron chi connectivity index (χ0n) is 15.0. The summed E-state index contributed by atoms with van der Waals surface area (Å²) in [6.45, 7) is 2.36. The van der Waals surface area contributed by atoms with Gasteiger partial charge in [-0.3, -0.25) is 5.32 Å². The Kier molecular flexibility index (Phi) is 6.25. The van der Waals surface area contributed by atoms with Crippen LogP contribution in [0.25, 0.3) is 10.8 Å². The minimum atomic E-state index is -0.836. The highest BCUT2D eigenvalue weighted by Crippen LogP contribution is 2.27. The van der Waals surface area contributed by atoms with E-state index in [1.165, 1.54) is 10.8 Å². The van der Waals surface area contributed by atoms with Crippen LogP contribution in [0.1, 0.15) is 12.8 Å². The third-order valence-corrected chi connectivity index (χ3v) is 4.81. The average molecular weight is 358 g/mol. The maximum absolute atomic E-state index is 11.6. The summed E-state index contributed by atoms with van der Waals surface area (Å²) in [6.07, 6.45) is 2.52. The van der Waals surface area contributed by atoms with Crippen molar-refractivity contribution in [2.24, 2.45) is 5.92 Å². The third kappa shape index (κ3) is 4.62. The van der Waals surface area contributed by atoms with Crippen LogP contribution in [-0.2, 0) is 4.74 Å². The van der Waals surface area contributed by atoms with Gasteiger partial charge in [-0.15, -0.1) is 0 Å². The number of aliphatic hydroxyl groups is 1. The van der Waals surface area contributed by atoms with E-state index >= 15 is 0 Å². The molecule has 0 aliphatic carbocycles. The number of benzene rings is 1. The summed E-state index contributed by atoms with van der Waals surface area (Å²) in [6, 6.07) is 10.3. The van der Waals surface area contributed by atoms with Gasteiger partial charge in [-0.1, -0.05) is 24.3 Å². The number of piperidine rings is 1. The molecule has 0 saturated carbocycles. The van der Waals surface area contributed by atoms with E-state index in [-0.39, 0.29) is 6.61 Å². The molecule has 2 aromatic rings. The van der Waals surface area contributed by atoms with Crippen LogP contribution in [-0.4, -0.2) is 55.7 Å². The van der Waals surface area contributed by atoms with E-state index in [0.29, 0.717) is 12.5 Å². The van der Waals surface area contributed by atoms with Crippen molar-refractivity contribution in [3.63, 3.8) is 0 Å². The number of ether oxygens (including phenoxy) is 1. The first-order chi connectivity index (χ1) is 12.7. The minimum Gasteiger partial charge on any atom is -0.445 e. The lowest BCUT2D eigenvalue weighted by molar-refractivity contribution is 0.0530. The van der Waals surface area contributed by atoms with E-state index in [2.05, 4.69) is 32.7 Å². The lowest BCUT2D eigenvalue weighted by Crippen LogP contribution is -2.40. The zero-order chi connectivity index (χ0) is 18.4. The molecule has 7 nitrogen and oxygen atoms in total. The molecule has 140 valence electrons. The van der Waals surface area contributed by atoms with Crippen LogP contribution in [0.5, 0.6) is 0 Å². The second-order valence-electron chi connectivity index (χ2n) is 6.57. The molecule has 1 fully saturated rings. The van der Waals surface area contributed by atoms with Crippen LogP contribution >= 0.6 is 0 Å². The Morgan fingerprint density at radius 2 is 2.12 bits per heavy atom. The zero-order valence-corrected chi connectivity index (χ0v) is 15.0. The number of hydrogen-bond acceptors (Lipinski definition) is 6. The maximum Gasteiger partial charge on any atom is 0.407 e. The van der Waals surface area contributed by atoms with Gasteiger partial charge in [-0.25, -0.2) is 9.78 Å². The Bertz CT molecular complexity index is 726. The highest BCUT2D eigenvalue weighted by atomic mass is 16.6. The Morgan fingerprint density at radius 3 is 2.88 bits per heavy atom. The number of fused-ring (bicyclic) bond motifs is 1. The number of nitrogens with zero attached hydrogens (tertiary/aromatic N) is 2. The fraction of sp³-hybridized carbons (Fsp3) is 0.474. The molecule has 0 bridgehead atoms. The molecule has 0 spiro atoms. The van der Waals surface area contributed by atoms with Crippen LogP contribution in [0.15, 0.2) is 36.5 Å². The molecule has 1 aliphatic rings. The third-order valence-electron chi connectivity index (χ3n) is 4.81. The first-order valence-electron chi connectivity index (χ1n) is 9.02. The highest BCUT2D eigenvalue weighted by Gasteiger charge is 2.22. The molecule has 7 heteroatoms. The molecule has 2 heterocycles. The Morgan fingerprint density at radius 1 is 1.35 bits per heavy atom. The van der Waals surface area contributed by atoms with Crippen LogP contribution in [0.2, 0.25) is 0 Å². The predicted molar refractivity (Wildman–Crippen MR) is 101 cm³/mol. The van der Waals surface area contributed by atoms with Gasteiger partial charge in [0.05, 0.1) is 0 Å². The molecular formula is C19H26N4O3. The molecule has 1 unspecified atom stereocenters. The van der Waals surface area contributed by atoms with Gasteiger partial charge in [0.15, 0.2) is 0 Å². The smallest absolute Gasteiger partial charge is 0.407 e. The summed E-state index contributed by atoms with van der Waals surface area (Å²) in [5, 5.41) is 17.1. The van der Waals surface area contributed by atoms with Crippen LogP contribution in [0.4, 0.5) is 10.6 Å². The first kappa shape index (κ1) is 18.4. The fourth-order valence-corrected chi connectivity index (χ4v) is 3.22. The summed E-state index contributed by atoms with van der Waals surface area (Å²) in [5.74, 6) is 1.46. The predicted octanol–water partition coefficient (Wildman–Crippen LogP) is 1.72. The van der Waals surface area contributed by atoms with Gasteiger partial charge in [-0.05, 0) is 37.3 Å². The normalized spacial score (nSPS) is 16.5. The summed E-state index contributed by atoms with van der Waals surface area (Å²) in [7, 11) is 1.60. The van der Waals surface area contributed by atoms with Gasteiger partial charge in [-0.2, -0.15) is 0 Å². The monoisotopic (exact) mass is 358 g/mol. The van der Waals surface area contributed by atoms with Gasteiger partial charge in [0, 0.05) is 31.2 Å². The molecule has 1 aromatic heterocycles. The number of pyridine rings is 1. The number of hydrogen-bond donors (Lipinski definition) is 3. The second-order valence-corrected chi connectivity index (χ2v) is 6.57. The summed E-state index contributed by atoms with van der Waals surface area (Å²) < 4.78 is 4.94. The number of amides is 1. The van der Waals surface area contributed by atoms with Gasteiger partial charge >= 0.3 is 6.09 Å². The highest BCUT2D eigenvalue weighted by molar-refractivity contribution is 5.92. The Labute approximate surface area is 153 Å². The van der Waals surface area contributed by atoms with E-state index in [1.54, 1.807) is 7.05 Å². The number of nitrogens with one attached hydrogen (secondary N) is 2. The topological polar surface area (TPSA) is 86.7 Å². The molecule has 3 rings (SSSR count). The first-order valence-corrected chi connectivity index (χ1v) is 9.02. The fourth-order valence-electron chi connectivity index (χ4n) is 3.22. The summed E-state index contributed by atoms with van der Waals surface area (Å²) >= 11 is 0. The molecule has 1 atom stereocenters. The summed E-state index contributed by atoms with van der Waals surface area (Å²) in [5.41, 5.74) is 0. The van der Waals surface area contributed by atoms with Gasteiger partial charge in [0.25, 0.3) is 0 Å². The molecule has 0 radical (unpaired) electrons. The molecule has 1 amide bonds. The summed E-state index contributed by atoms with van der Waals surface area (Å²) in [4.78, 5) is 18.6. The number of aliphatic hydroxyl groups excluding tert-OH is 1. The van der Waals surface area contributed by atoms with Crippen molar-refractivity contribution < 1.29 is 14.6 Å². The van der Waals surface area contributed by atoms with E-state index in [1.807, 2.05) is 24.4 Å². The standard InChI is InChI=1S/C19H26N4O3/c1-20-17(24)13-26-19(25)22-12-14-7-10-23(11-8-14)18-16-5-3-2-4-15(16)6-9-21-18/h2-6,9,14,17,20,24H,7-8,10-13H2,1H3,(H,22,25). The number of anilines is 1. The van der Waals surface area contributed by atoms with Crippen LogP contribution in [0.3, 0.4) is 0 Å². The molecular weight excluding hydrogens is 332 g/mol. The molecule has 26 heavy (non-hydrogen) atoms. The van der Waals surface area contributed by atoms with Crippen molar-refractivity contribution in [1.29, 1.82) is 0 Å². The number of alkyl carbamates (subject to hydrolysis) is 1. The largest absolute Gasteiger partial charge is 0.445 e. The molecule has 1 aromatic carbocycles. The minimum absolute atomic E-state index is 0.0620. The number of likely N-dealkylation sites (N-methyl/N-ethyl adjacent to an activating group) is 1. The second kappa shape index (κ2) is 8.82. The lowest BCUT2D eigenvalue weighted by Gasteiger charge is -2.33. The SMILES string of the molecule is CNC(O)COC(=O)NCC1CCN(c2nccc3ccccc23)CC1. The maximum atomic E-state index is 11.6. The number of aromatic nitrogens is 1. The quantitative estimate of drug-likeness (QED) is 0.682. The molecule has 3 N–H and O–H groups in total. The molecule has 1 aliphatic heterocycles. The Balaban J connectivity index is 1.48. The average Bonchev–Trinajstić information content (AvgIpc) is 2.70. The van der Waals surface area contributed by atoms with Crippen LogP contribution in [0, 0.1) is 5.92 Å². The van der Waals surface area contributed by atoms with Crippen molar-refractivity contribution >= 4 is 22.7 Å². The number of carbonyl (C=O) groups is 1. The van der Waals surface area contributed by atoms with Crippen molar-refractivity contribution in [2.45, 2.75) is 19.1 Å². The van der Waals surface area contributed by atoms with E-state index in [9.17, 15) is 9.90 Å².